The molecule has 7 nitrogen and oxygen atoms in total. The van der Waals surface area contributed by atoms with E-state index in [1.165, 1.54) is 29.5 Å². The molecule has 0 aliphatic rings. The van der Waals surface area contributed by atoms with Crippen LogP contribution in [-0.2, 0) is 6.54 Å². The van der Waals surface area contributed by atoms with Gasteiger partial charge in [0.25, 0.3) is 5.69 Å². The van der Waals surface area contributed by atoms with Gasteiger partial charge in [-0.1, -0.05) is 17.4 Å². The van der Waals surface area contributed by atoms with E-state index in [2.05, 4.69) is 15.0 Å². The fourth-order valence-electron chi connectivity index (χ4n) is 2.40. The van der Waals surface area contributed by atoms with Gasteiger partial charge >= 0.3 is 6.61 Å². The number of non-ortho nitro benzene ring substituents is 1. The molecule has 0 fully saturated rings. The lowest BCUT2D eigenvalue weighted by Gasteiger charge is -2.13. The molecule has 0 unspecified atom stereocenters. The first-order valence-electron chi connectivity index (χ1n) is 7.95. The number of halogens is 2. The van der Waals surface area contributed by atoms with Crippen LogP contribution < -0.4 is 14.8 Å². The van der Waals surface area contributed by atoms with Crippen LogP contribution in [0.2, 0.25) is 0 Å². The van der Waals surface area contributed by atoms with Crippen molar-refractivity contribution in [1.82, 2.24) is 4.98 Å². The van der Waals surface area contributed by atoms with Crippen molar-refractivity contribution in [2.24, 2.45) is 0 Å². The third-order valence-electron chi connectivity index (χ3n) is 3.55. The molecule has 10 heteroatoms. The smallest absolute Gasteiger partial charge is 0.387 e. The molecule has 3 rings (SSSR count). The number of benzene rings is 2. The number of fused-ring (bicyclic) bond motifs is 1. The molecule has 0 saturated heterocycles. The minimum absolute atomic E-state index is 0.00803. The maximum Gasteiger partial charge on any atom is 0.387 e. The van der Waals surface area contributed by atoms with Gasteiger partial charge in [-0.05, 0) is 30.7 Å². The number of aromatic nitrogens is 1. The molecular formula is C17H15F2N3O4S. The monoisotopic (exact) mass is 395 g/mol. The summed E-state index contributed by atoms with van der Waals surface area (Å²) in [6, 6.07) is 9.16. The number of thiazole rings is 1. The van der Waals surface area contributed by atoms with Crippen molar-refractivity contribution in [2.75, 3.05) is 11.9 Å². The van der Waals surface area contributed by atoms with Crippen molar-refractivity contribution in [1.29, 1.82) is 0 Å². The molecule has 0 aliphatic heterocycles. The molecule has 1 N–H and O–H groups in total. The maximum atomic E-state index is 12.5. The number of nitrogens with one attached hydrogen (secondary N) is 1. The number of nitrogens with zero attached hydrogens (tertiary/aromatic N) is 2. The fourth-order valence-corrected chi connectivity index (χ4v) is 3.30. The normalized spacial score (nSPS) is 11.0. The Morgan fingerprint density at radius 2 is 2.07 bits per heavy atom. The van der Waals surface area contributed by atoms with Gasteiger partial charge in [0.1, 0.15) is 0 Å². The van der Waals surface area contributed by atoms with Crippen LogP contribution >= 0.6 is 11.3 Å². The highest BCUT2D eigenvalue weighted by Crippen LogP contribution is 2.32. The minimum Gasteiger partial charge on any atom is -0.490 e. The summed E-state index contributed by atoms with van der Waals surface area (Å²) in [7, 11) is 0. The number of hydrogen-bond acceptors (Lipinski definition) is 7. The van der Waals surface area contributed by atoms with Gasteiger partial charge in [0, 0.05) is 18.7 Å². The van der Waals surface area contributed by atoms with Crippen molar-refractivity contribution >= 4 is 32.4 Å². The van der Waals surface area contributed by atoms with Crippen molar-refractivity contribution < 1.29 is 23.2 Å². The Kier molecular flexibility index (Phi) is 5.65. The van der Waals surface area contributed by atoms with Crippen molar-refractivity contribution in [3.8, 4) is 11.5 Å². The standard InChI is InChI=1S/C17H15F2N3O4S/c1-2-25-14-7-10(3-6-13(14)26-16(18)19)9-20-17-21-12-5-4-11(22(23)24)8-15(12)27-17/h3-8,16H,2,9H2,1H3,(H,20,21). The van der Waals surface area contributed by atoms with E-state index in [0.717, 1.165) is 5.56 Å². The first-order chi connectivity index (χ1) is 13.0. The molecular weight excluding hydrogens is 380 g/mol. The van der Waals surface area contributed by atoms with Crippen LogP contribution in [0, 0.1) is 10.1 Å². The molecule has 27 heavy (non-hydrogen) atoms. The average molecular weight is 395 g/mol. The van der Waals surface area contributed by atoms with Gasteiger partial charge in [0.15, 0.2) is 16.6 Å². The summed E-state index contributed by atoms with van der Waals surface area (Å²) in [5, 5.41) is 14.6. The zero-order chi connectivity index (χ0) is 19.4. The van der Waals surface area contributed by atoms with Gasteiger partial charge in [-0.15, -0.1) is 0 Å². The predicted octanol–water partition coefficient (Wildman–Crippen LogP) is 4.82. The van der Waals surface area contributed by atoms with Crippen LogP contribution in [0.15, 0.2) is 36.4 Å². The second-order valence-corrected chi connectivity index (χ2v) is 6.40. The molecule has 0 spiro atoms. The minimum atomic E-state index is -2.93. The molecule has 0 bridgehead atoms. The second-order valence-electron chi connectivity index (χ2n) is 5.37. The van der Waals surface area contributed by atoms with Gasteiger partial charge in [0.2, 0.25) is 0 Å². The quantitative estimate of drug-likeness (QED) is 0.435. The molecule has 0 aliphatic carbocycles. The third kappa shape index (κ3) is 4.59. The molecule has 0 radical (unpaired) electrons. The van der Waals surface area contributed by atoms with Crippen LogP contribution in [0.5, 0.6) is 11.5 Å². The molecule has 3 aromatic rings. The summed E-state index contributed by atoms with van der Waals surface area (Å²) in [5.74, 6) is 0.208. The number of anilines is 1. The number of nitro groups is 1. The SMILES string of the molecule is CCOc1cc(CNc2nc3ccc([N+](=O)[O-])cc3s2)ccc1OC(F)F. The molecule has 1 aromatic heterocycles. The zero-order valence-corrected chi connectivity index (χ0v) is 15.0. The molecule has 0 saturated carbocycles. The highest BCUT2D eigenvalue weighted by molar-refractivity contribution is 7.22. The summed E-state index contributed by atoms with van der Waals surface area (Å²) in [4.78, 5) is 14.8. The van der Waals surface area contributed by atoms with Crippen LogP contribution in [0.4, 0.5) is 19.6 Å². The highest BCUT2D eigenvalue weighted by Gasteiger charge is 2.13. The first-order valence-corrected chi connectivity index (χ1v) is 8.77. The lowest BCUT2D eigenvalue weighted by Crippen LogP contribution is -2.06. The van der Waals surface area contributed by atoms with Crippen LogP contribution in [0.3, 0.4) is 0 Å². The van der Waals surface area contributed by atoms with E-state index < -0.39 is 11.5 Å². The Labute approximate surface area is 156 Å². The summed E-state index contributed by atoms with van der Waals surface area (Å²) in [6.07, 6.45) is 0. The highest BCUT2D eigenvalue weighted by atomic mass is 32.1. The topological polar surface area (TPSA) is 86.5 Å². The molecule has 0 amide bonds. The number of hydrogen-bond donors (Lipinski definition) is 1. The zero-order valence-electron chi connectivity index (χ0n) is 14.1. The molecule has 0 atom stereocenters. The van der Waals surface area contributed by atoms with E-state index >= 15 is 0 Å². The van der Waals surface area contributed by atoms with E-state index in [9.17, 15) is 18.9 Å². The molecule has 1 heterocycles. The number of nitro benzene ring substituents is 1. The van der Waals surface area contributed by atoms with Crippen molar-refractivity contribution in [3.05, 3.63) is 52.1 Å². The van der Waals surface area contributed by atoms with E-state index in [0.29, 0.717) is 28.5 Å². The summed E-state index contributed by atoms with van der Waals surface area (Å²) < 4.78 is 35.4. The Balaban J connectivity index is 1.74. The summed E-state index contributed by atoms with van der Waals surface area (Å²) in [6.45, 7) is -0.499. The van der Waals surface area contributed by atoms with Crippen LogP contribution in [0.25, 0.3) is 10.2 Å². The lowest BCUT2D eigenvalue weighted by atomic mass is 10.2. The number of alkyl halides is 2. The molecule has 142 valence electrons. The Morgan fingerprint density at radius 3 is 2.78 bits per heavy atom. The predicted molar refractivity (Wildman–Crippen MR) is 97.8 cm³/mol. The van der Waals surface area contributed by atoms with E-state index in [-0.39, 0.29) is 17.2 Å². The largest absolute Gasteiger partial charge is 0.490 e. The average Bonchev–Trinajstić information content (AvgIpc) is 3.03. The number of rotatable bonds is 8. The lowest BCUT2D eigenvalue weighted by molar-refractivity contribution is -0.384. The van der Waals surface area contributed by atoms with Crippen molar-refractivity contribution in [3.63, 3.8) is 0 Å². The maximum absolute atomic E-state index is 12.5. The number of ether oxygens (including phenoxy) is 2. The Bertz CT molecular complexity index is 965. The van der Waals surface area contributed by atoms with Gasteiger partial charge in [0.05, 0.1) is 21.7 Å². The van der Waals surface area contributed by atoms with E-state index in [1.807, 2.05) is 0 Å². The Morgan fingerprint density at radius 1 is 1.26 bits per heavy atom. The van der Waals surface area contributed by atoms with Crippen molar-refractivity contribution in [2.45, 2.75) is 20.1 Å². The molecule has 2 aromatic carbocycles. The van der Waals surface area contributed by atoms with Gasteiger partial charge in [-0.2, -0.15) is 8.78 Å². The van der Waals surface area contributed by atoms with Gasteiger partial charge in [-0.25, -0.2) is 4.98 Å². The van der Waals surface area contributed by atoms with Crippen LogP contribution in [-0.4, -0.2) is 23.1 Å². The third-order valence-corrected chi connectivity index (χ3v) is 4.53. The summed E-state index contributed by atoms with van der Waals surface area (Å²) >= 11 is 1.29. The van der Waals surface area contributed by atoms with E-state index in [1.54, 1.807) is 25.1 Å². The Hall–Kier alpha value is -3.01. The second kappa shape index (κ2) is 8.12. The summed E-state index contributed by atoms with van der Waals surface area (Å²) in [5.41, 5.74) is 1.45. The fraction of sp³-hybridized carbons (Fsp3) is 0.235. The first kappa shape index (κ1) is 18.8. The van der Waals surface area contributed by atoms with Gasteiger partial charge in [-0.3, -0.25) is 10.1 Å². The van der Waals surface area contributed by atoms with E-state index in [4.69, 9.17) is 4.74 Å². The van der Waals surface area contributed by atoms with Crippen LogP contribution in [0.1, 0.15) is 12.5 Å². The van der Waals surface area contributed by atoms with Gasteiger partial charge < -0.3 is 14.8 Å².